The van der Waals surface area contributed by atoms with Crippen molar-refractivity contribution in [1.29, 1.82) is 0 Å². The molecule has 0 bridgehead atoms. The first kappa shape index (κ1) is 17.2. The number of halogens is 3. The summed E-state index contributed by atoms with van der Waals surface area (Å²) in [6, 6.07) is 3.46. The molecule has 3 atom stereocenters. The standard InChI is InChI=1S/C17H22F3N3O/c1-10(21-12-5-3-4-6-15(12)24)16-22-13-9-11(17(18,19)20)7-8-14(13)23(16)2/h7-10,12,15,21,24H,3-6H2,1-2H3. The number of rotatable bonds is 3. The van der Waals surface area contributed by atoms with Crippen LogP contribution in [0.25, 0.3) is 11.0 Å². The summed E-state index contributed by atoms with van der Waals surface area (Å²) >= 11 is 0. The maximum Gasteiger partial charge on any atom is 0.416 e. The number of nitrogens with zero attached hydrogens (tertiary/aromatic N) is 2. The van der Waals surface area contributed by atoms with Gasteiger partial charge in [0.2, 0.25) is 0 Å². The molecule has 1 fully saturated rings. The number of fused-ring (bicyclic) bond motifs is 1. The molecule has 1 heterocycles. The van der Waals surface area contributed by atoms with E-state index in [-0.39, 0.29) is 18.2 Å². The van der Waals surface area contributed by atoms with E-state index in [0.717, 1.165) is 37.8 Å². The van der Waals surface area contributed by atoms with E-state index in [9.17, 15) is 18.3 Å². The van der Waals surface area contributed by atoms with Crippen LogP contribution in [0, 0.1) is 0 Å². The minimum absolute atomic E-state index is 0.000650. The van der Waals surface area contributed by atoms with Crippen molar-refractivity contribution in [2.75, 3.05) is 0 Å². The second kappa shape index (κ2) is 6.37. The van der Waals surface area contributed by atoms with Crippen molar-refractivity contribution in [3.63, 3.8) is 0 Å². The van der Waals surface area contributed by atoms with E-state index in [1.54, 1.807) is 7.05 Å². The minimum Gasteiger partial charge on any atom is -0.392 e. The molecule has 1 aliphatic carbocycles. The van der Waals surface area contributed by atoms with Gasteiger partial charge >= 0.3 is 6.18 Å². The first-order valence-electron chi connectivity index (χ1n) is 8.25. The van der Waals surface area contributed by atoms with Gasteiger partial charge in [-0.1, -0.05) is 12.8 Å². The van der Waals surface area contributed by atoms with Crippen LogP contribution in [-0.2, 0) is 13.2 Å². The summed E-state index contributed by atoms with van der Waals surface area (Å²) in [6.07, 6.45) is -0.982. The van der Waals surface area contributed by atoms with E-state index in [0.29, 0.717) is 16.9 Å². The zero-order valence-electron chi connectivity index (χ0n) is 13.8. The second-order valence-electron chi connectivity index (χ2n) is 6.58. The number of aryl methyl sites for hydroxylation is 1. The van der Waals surface area contributed by atoms with Crippen LogP contribution in [0.4, 0.5) is 13.2 Å². The van der Waals surface area contributed by atoms with Crippen LogP contribution in [0.3, 0.4) is 0 Å². The number of aliphatic hydroxyl groups excluding tert-OH is 1. The van der Waals surface area contributed by atoms with E-state index < -0.39 is 11.7 Å². The van der Waals surface area contributed by atoms with Crippen LogP contribution in [-0.4, -0.2) is 26.8 Å². The Labute approximate surface area is 138 Å². The lowest BCUT2D eigenvalue weighted by Crippen LogP contribution is -2.43. The minimum atomic E-state index is -4.37. The Kier molecular flexibility index (Phi) is 4.57. The Morgan fingerprint density at radius 2 is 2.00 bits per heavy atom. The van der Waals surface area contributed by atoms with Gasteiger partial charge in [0, 0.05) is 13.1 Å². The lowest BCUT2D eigenvalue weighted by atomic mass is 9.92. The molecular weight excluding hydrogens is 319 g/mol. The molecule has 1 aliphatic rings. The highest BCUT2D eigenvalue weighted by molar-refractivity contribution is 5.77. The molecule has 3 rings (SSSR count). The molecular formula is C17H22F3N3O. The van der Waals surface area contributed by atoms with Gasteiger partial charge in [-0.2, -0.15) is 13.2 Å². The molecule has 4 nitrogen and oxygen atoms in total. The lowest BCUT2D eigenvalue weighted by molar-refractivity contribution is -0.137. The van der Waals surface area contributed by atoms with Crippen molar-refractivity contribution in [3.8, 4) is 0 Å². The number of imidazole rings is 1. The van der Waals surface area contributed by atoms with Crippen LogP contribution in [0.2, 0.25) is 0 Å². The summed E-state index contributed by atoms with van der Waals surface area (Å²) in [5.41, 5.74) is 0.305. The van der Waals surface area contributed by atoms with Gasteiger partial charge in [-0.15, -0.1) is 0 Å². The van der Waals surface area contributed by atoms with E-state index in [2.05, 4.69) is 10.3 Å². The van der Waals surface area contributed by atoms with Crippen molar-refractivity contribution in [2.24, 2.45) is 7.05 Å². The number of aliphatic hydroxyl groups is 1. The monoisotopic (exact) mass is 341 g/mol. The van der Waals surface area contributed by atoms with Gasteiger partial charge < -0.3 is 15.0 Å². The maximum atomic E-state index is 12.9. The fraction of sp³-hybridized carbons (Fsp3) is 0.588. The Balaban J connectivity index is 1.87. The molecule has 0 amide bonds. The third-order valence-electron chi connectivity index (χ3n) is 4.82. The van der Waals surface area contributed by atoms with Crippen molar-refractivity contribution in [3.05, 3.63) is 29.6 Å². The number of hydrogen-bond acceptors (Lipinski definition) is 3. The molecule has 2 N–H and O–H groups in total. The highest BCUT2D eigenvalue weighted by Crippen LogP contribution is 2.32. The first-order chi connectivity index (χ1) is 11.3. The SMILES string of the molecule is CC(NC1CCCCC1O)c1nc2cc(C(F)(F)F)ccc2n1C. The van der Waals surface area contributed by atoms with Crippen molar-refractivity contribution < 1.29 is 18.3 Å². The molecule has 0 radical (unpaired) electrons. The van der Waals surface area contributed by atoms with E-state index in [1.165, 1.54) is 6.07 Å². The molecule has 3 unspecified atom stereocenters. The number of alkyl halides is 3. The average molecular weight is 341 g/mol. The Morgan fingerprint density at radius 1 is 1.29 bits per heavy atom. The molecule has 0 saturated heterocycles. The quantitative estimate of drug-likeness (QED) is 0.898. The van der Waals surface area contributed by atoms with Crippen LogP contribution in [0.1, 0.15) is 50.0 Å². The summed E-state index contributed by atoms with van der Waals surface area (Å²) in [5, 5.41) is 13.5. The second-order valence-corrected chi connectivity index (χ2v) is 6.58. The molecule has 1 aromatic carbocycles. The molecule has 1 aromatic heterocycles. The smallest absolute Gasteiger partial charge is 0.392 e. The number of hydrogen-bond donors (Lipinski definition) is 2. The maximum absolute atomic E-state index is 12.9. The van der Waals surface area contributed by atoms with Crippen LogP contribution in [0.5, 0.6) is 0 Å². The van der Waals surface area contributed by atoms with E-state index in [1.807, 2.05) is 11.5 Å². The number of nitrogens with one attached hydrogen (secondary N) is 1. The van der Waals surface area contributed by atoms with Crippen LogP contribution < -0.4 is 5.32 Å². The molecule has 0 spiro atoms. The topological polar surface area (TPSA) is 50.1 Å². The highest BCUT2D eigenvalue weighted by atomic mass is 19.4. The summed E-state index contributed by atoms with van der Waals surface area (Å²) in [7, 11) is 1.80. The third-order valence-corrected chi connectivity index (χ3v) is 4.82. The van der Waals surface area contributed by atoms with Crippen molar-refractivity contribution >= 4 is 11.0 Å². The Hall–Kier alpha value is -1.60. The molecule has 24 heavy (non-hydrogen) atoms. The van der Waals surface area contributed by atoms with E-state index in [4.69, 9.17) is 0 Å². The van der Waals surface area contributed by atoms with Gasteiger partial charge in [0.05, 0.1) is 28.7 Å². The Morgan fingerprint density at radius 3 is 2.67 bits per heavy atom. The summed E-state index contributed by atoms with van der Waals surface area (Å²) in [4.78, 5) is 4.40. The zero-order valence-corrected chi connectivity index (χ0v) is 13.8. The van der Waals surface area contributed by atoms with Gasteiger partial charge in [-0.05, 0) is 38.0 Å². The van der Waals surface area contributed by atoms with Crippen molar-refractivity contribution in [2.45, 2.75) is 57.0 Å². The fourth-order valence-corrected chi connectivity index (χ4v) is 3.48. The number of aromatic nitrogens is 2. The third kappa shape index (κ3) is 3.28. The highest BCUT2D eigenvalue weighted by Gasteiger charge is 2.31. The molecule has 2 aromatic rings. The van der Waals surface area contributed by atoms with Crippen LogP contribution >= 0.6 is 0 Å². The summed E-state index contributed by atoms with van der Waals surface area (Å²) in [5.74, 6) is 0.669. The molecule has 7 heteroatoms. The normalized spacial score (nSPS) is 23.6. The summed E-state index contributed by atoms with van der Waals surface area (Å²) in [6.45, 7) is 1.92. The molecule has 0 aliphatic heterocycles. The number of benzene rings is 1. The van der Waals surface area contributed by atoms with Gasteiger partial charge in [-0.25, -0.2) is 4.98 Å². The van der Waals surface area contributed by atoms with Crippen LogP contribution in [0.15, 0.2) is 18.2 Å². The predicted molar refractivity (Wildman–Crippen MR) is 85.5 cm³/mol. The average Bonchev–Trinajstić information content (AvgIpc) is 2.85. The fourth-order valence-electron chi connectivity index (χ4n) is 3.48. The van der Waals surface area contributed by atoms with Gasteiger partial charge in [0.25, 0.3) is 0 Å². The van der Waals surface area contributed by atoms with Gasteiger partial charge in [-0.3, -0.25) is 0 Å². The van der Waals surface area contributed by atoms with E-state index >= 15 is 0 Å². The van der Waals surface area contributed by atoms with Crippen molar-refractivity contribution in [1.82, 2.24) is 14.9 Å². The summed E-state index contributed by atoms with van der Waals surface area (Å²) < 4.78 is 40.4. The lowest BCUT2D eigenvalue weighted by Gasteiger charge is -2.31. The zero-order chi connectivity index (χ0) is 17.5. The van der Waals surface area contributed by atoms with Gasteiger partial charge in [0.15, 0.2) is 0 Å². The molecule has 132 valence electrons. The first-order valence-corrected chi connectivity index (χ1v) is 8.25. The predicted octanol–water partition coefficient (Wildman–Crippen LogP) is 3.55. The Bertz CT molecular complexity index is 726. The van der Waals surface area contributed by atoms with Gasteiger partial charge in [0.1, 0.15) is 5.82 Å². The largest absolute Gasteiger partial charge is 0.416 e. The molecule has 1 saturated carbocycles.